The summed E-state index contributed by atoms with van der Waals surface area (Å²) in [6, 6.07) is -0.0663. The molecule has 2 rings (SSSR count). The van der Waals surface area contributed by atoms with Crippen molar-refractivity contribution in [2.24, 2.45) is 5.92 Å². The lowest BCUT2D eigenvalue weighted by molar-refractivity contribution is 0.244. The number of halogens is 1. The molecule has 1 aromatic heterocycles. The van der Waals surface area contributed by atoms with Gasteiger partial charge in [0, 0.05) is 13.1 Å². The first kappa shape index (κ1) is 14.0. The lowest BCUT2D eigenvalue weighted by atomic mass is 10.0. The Morgan fingerprint density at radius 1 is 1.58 bits per heavy atom. The van der Waals surface area contributed by atoms with Gasteiger partial charge in [0.2, 0.25) is 5.95 Å². The van der Waals surface area contributed by atoms with Crippen LogP contribution in [0.4, 0.5) is 16.2 Å². The number of hydrogen-bond acceptors (Lipinski definition) is 5. The minimum atomic E-state index is -0.436. The van der Waals surface area contributed by atoms with Gasteiger partial charge in [-0.3, -0.25) is 0 Å². The SMILES string of the molecule is CCCNc1ncc(F)c(N2CCC(C)C2CO)n1. The van der Waals surface area contributed by atoms with Crippen molar-refractivity contribution in [2.45, 2.75) is 32.7 Å². The van der Waals surface area contributed by atoms with Crippen molar-refractivity contribution in [1.82, 2.24) is 9.97 Å². The van der Waals surface area contributed by atoms with Gasteiger partial charge in [-0.2, -0.15) is 4.98 Å². The quantitative estimate of drug-likeness (QED) is 0.850. The summed E-state index contributed by atoms with van der Waals surface area (Å²) < 4.78 is 13.9. The molecular formula is C13H21FN4O. The van der Waals surface area contributed by atoms with Gasteiger partial charge in [-0.15, -0.1) is 0 Å². The van der Waals surface area contributed by atoms with Crippen molar-refractivity contribution >= 4 is 11.8 Å². The predicted octanol–water partition coefficient (Wildman–Crippen LogP) is 1.64. The Labute approximate surface area is 112 Å². The summed E-state index contributed by atoms with van der Waals surface area (Å²) in [6.07, 6.45) is 3.08. The Hall–Kier alpha value is -1.43. The van der Waals surface area contributed by atoms with E-state index in [0.717, 1.165) is 19.4 Å². The highest BCUT2D eigenvalue weighted by molar-refractivity contribution is 5.46. The molecule has 1 fully saturated rings. The summed E-state index contributed by atoms with van der Waals surface area (Å²) >= 11 is 0. The van der Waals surface area contributed by atoms with Crippen molar-refractivity contribution < 1.29 is 9.50 Å². The maximum Gasteiger partial charge on any atom is 0.224 e. The third kappa shape index (κ3) is 2.94. The van der Waals surface area contributed by atoms with Crippen molar-refractivity contribution in [3.05, 3.63) is 12.0 Å². The first-order chi connectivity index (χ1) is 9.17. The molecule has 1 saturated heterocycles. The largest absolute Gasteiger partial charge is 0.394 e. The molecule has 0 amide bonds. The second-order valence-corrected chi connectivity index (χ2v) is 5.00. The summed E-state index contributed by atoms with van der Waals surface area (Å²) in [5, 5.41) is 12.5. The number of nitrogens with one attached hydrogen (secondary N) is 1. The van der Waals surface area contributed by atoms with Gasteiger partial charge in [0.15, 0.2) is 11.6 Å². The molecule has 19 heavy (non-hydrogen) atoms. The molecule has 2 N–H and O–H groups in total. The Morgan fingerprint density at radius 2 is 2.37 bits per heavy atom. The van der Waals surface area contributed by atoms with Crippen molar-refractivity contribution in [2.75, 3.05) is 29.9 Å². The first-order valence-electron chi connectivity index (χ1n) is 6.81. The monoisotopic (exact) mass is 268 g/mol. The van der Waals surface area contributed by atoms with Gasteiger partial charge in [0.25, 0.3) is 0 Å². The molecule has 106 valence electrons. The molecule has 2 atom stereocenters. The zero-order valence-corrected chi connectivity index (χ0v) is 11.4. The fourth-order valence-corrected chi connectivity index (χ4v) is 2.43. The summed E-state index contributed by atoms with van der Waals surface area (Å²) in [4.78, 5) is 10.0. The van der Waals surface area contributed by atoms with Crippen LogP contribution in [0.1, 0.15) is 26.7 Å². The Bertz CT molecular complexity index is 429. The predicted molar refractivity (Wildman–Crippen MR) is 72.8 cm³/mol. The molecule has 6 heteroatoms. The van der Waals surface area contributed by atoms with Crippen LogP contribution >= 0.6 is 0 Å². The Morgan fingerprint density at radius 3 is 3.05 bits per heavy atom. The fraction of sp³-hybridized carbons (Fsp3) is 0.692. The summed E-state index contributed by atoms with van der Waals surface area (Å²) in [6.45, 7) is 5.60. The number of aliphatic hydroxyl groups is 1. The van der Waals surface area contributed by atoms with Crippen molar-refractivity contribution in [1.29, 1.82) is 0 Å². The van der Waals surface area contributed by atoms with Gasteiger partial charge < -0.3 is 15.3 Å². The number of anilines is 2. The molecule has 1 aromatic rings. The number of hydrogen-bond donors (Lipinski definition) is 2. The van der Waals surface area contributed by atoms with Crippen LogP contribution in [0, 0.1) is 11.7 Å². The minimum absolute atomic E-state index is 0.0162. The number of aliphatic hydroxyl groups excluding tert-OH is 1. The van der Waals surface area contributed by atoms with E-state index in [9.17, 15) is 9.50 Å². The molecule has 0 spiro atoms. The van der Waals surface area contributed by atoms with E-state index in [1.165, 1.54) is 6.20 Å². The summed E-state index contributed by atoms with van der Waals surface area (Å²) in [7, 11) is 0. The lowest BCUT2D eigenvalue weighted by Gasteiger charge is -2.26. The lowest BCUT2D eigenvalue weighted by Crippen LogP contribution is -2.36. The minimum Gasteiger partial charge on any atom is -0.394 e. The van der Waals surface area contributed by atoms with E-state index in [0.29, 0.717) is 18.4 Å². The number of nitrogens with zero attached hydrogens (tertiary/aromatic N) is 3. The van der Waals surface area contributed by atoms with Gasteiger partial charge in [0.1, 0.15) is 0 Å². The average molecular weight is 268 g/mol. The van der Waals surface area contributed by atoms with Crippen molar-refractivity contribution in [3.8, 4) is 0 Å². The van der Waals surface area contributed by atoms with E-state index >= 15 is 0 Å². The van der Waals surface area contributed by atoms with Gasteiger partial charge in [-0.05, 0) is 18.8 Å². The third-order valence-corrected chi connectivity index (χ3v) is 3.60. The first-order valence-corrected chi connectivity index (χ1v) is 6.81. The number of aromatic nitrogens is 2. The van der Waals surface area contributed by atoms with Crippen LogP contribution in [0.2, 0.25) is 0 Å². The molecular weight excluding hydrogens is 247 g/mol. The van der Waals surface area contributed by atoms with Crippen LogP contribution in [0.5, 0.6) is 0 Å². The normalized spacial score (nSPS) is 22.8. The highest BCUT2D eigenvalue weighted by atomic mass is 19.1. The van der Waals surface area contributed by atoms with Crippen LogP contribution in [0.3, 0.4) is 0 Å². The molecule has 0 aliphatic carbocycles. The third-order valence-electron chi connectivity index (χ3n) is 3.60. The second-order valence-electron chi connectivity index (χ2n) is 5.00. The molecule has 0 radical (unpaired) electrons. The zero-order chi connectivity index (χ0) is 13.8. The van der Waals surface area contributed by atoms with E-state index in [4.69, 9.17) is 0 Å². The van der Waals surface area contributed by atoms with Crippen LogP contribution in [-0.4, -0.2) is 40.8 Å². The standard InChI is InChI=1S/C13H21FN4O/c1-3-5-15-13-16-7-10(14)12(17-13)18-6-4-9(2)11(18)8-19/h7,9,11,19H,3-6,8H2,1-2H3,(H,15,16,17). The van der Waals surface area contributed by atoms with Gasteiger partial charge in [-0.1, -0.05) is 13.8 Å². The Kier molecular flexibility index (Phi) is 4.52. The van der Waals surface area contributed by atoms with E-state index in [2.05, 4.69) is 22.2 Å². The summed E-state index contributed by atoms with van der Waals surface area (Å²) in [5.74, 6) is 0.632. The maximum atomic E-state index is 13.9. The second kappa shape index (κ2) is 6.14. The van der Waals surface area contributed by atoms with Gasteiger partial charge >= 0.3 is 0 Å². The van der Waals surface area contributed by atoms with Crippen LogP contribution in [0.25, 0.3) is 0 Å². The van der Waals surface area contributed by atoms with Gasteiger partial charge in [0.05, 0.1) is 18.8 Å². The highest BCUT2D eigenvalue weighted by Crippen LogP contribution is 2.30. The van der Waals surface area contributed by atoms with Crippen LogP contribution in [0.15, 0.2) is 6.20 Å². The highest BCUT2D eigenvalue weighted by Gasteiger charge is 2.33. The summed E-state index contributed by atoms with van der Waals surface area (Å²) in [5.41, 5.74) is 0. The van der Waals surface area contributed by atoms with E-state index in [-0.39, 0.29) is 18.5 Å². The maximum absolute atomic E-state index is 13.9. The molecule has 5 nitrogen and oxygen atoms in total. The number of rotatable bonds is 5. The van der Waals surface area contributed by atoms with Crippen LogP contribution in [-0.2, 0) is 0 Å². The van der Waals surface area contributed by atoms with Crippen molar-refractivity contribution in [3.63, 3.8) is 0 Å². The van der Waals surface area contributed by atoms with E-state index in [1.807, 2.05) is 11.8 Å². The smallest absolute Gasteiger partial charge is 0.224 e. The molecule has 2 heterocycles. The zero-order valence-electron chi connectivity index (χ0n) is 11.4. The fourth-order valence-electron chi connectivity index (χ4n) is 2.43. The average Bonchev–Trinajstić information content (AvgIpc) is 2.78. The molecule has 0 aromatic carbocycles. The van der Waals surface area contributed by atoms with E-state index in [1.54, 1.807) is 0 Å². The topological polar surface area (TPSA) is 61.3 Å². The Balaban J connectivity index is 2.23. The molecule has 2 unspecified atom stereocenters. The van der Waals surface area contributed by atoms with E-state index < -0.39 is 5.82 Å². The molecule has 1 aliphatic rings. The van der Waals surface area contributed by atoms with Gasteiger partial charge in [-0.25, -0.2) is 9.37 Å². The molecule has 0 bridgehead atoms. The van der Waals surface area contributed by atoms with Crippen LogP contribution < -0.4 is 10.2 Å². The molecule has 1 aliphatic heterocycles. The molecule has 0 saturated carbocycles.